The highest BCUT2D eigenvalue weighted by Crippen LogP contribution is 2.23. The van der Waals surface area contributed by atoms with Crippen LogP contribution in [0.25, 0.3) is 0 Å². The van der Waals surface area contributed by atoms with E-state index < -0.39 is 15.6 Å². The summed E-state index contributed by atoms with van der Waals surface area (Å²) in [5.41, 5.74) is 3.01. The fourth-order valence-corrected chi connectivity index (χ4v) is 5.47. The van der Waals surface area contributed by atoms with E-state index in [2.05, 4.69) is 12.2 Å². The van der Waals surface area contributed by atoms with E-state index in [9.17, 15) is 18.0 Å². The van der Waals surface area contributed by atoms with E-state index in [1.807, 2.05) is 32.9 Å². The number of hydrogen-bond acceptors (Lipinski definition) is 4. The van der Waals surface area contributed by atoms with E-state index in [0.717, 1.165) is 34.1 Å². The van der Waals surface area contributed by atoms with Gasteiger partial charge in [-0.15, -0.1) is 0 Å². The van der Waals surface area contributed by atoms with Crippen LogP contribution in [0.15, 0.2) is 40.2 Å². The highest BCUT2D eigenvalue weighted by Gasteiger charge is 2.30. The Morgan fingerprint density at radius 1 is 1.13 bits per heavy atom. The van der Waals surface area contributed by atoms with E-state index >= 15 is 0 Å². The van der Waals surface area contributed by atoms with Gasteiger partial charge in [0.1, 0.15) is 11.4 Å². The Balaban J connectivity index is 1.82. The second-order valence-corrected chi connectivity index (χ2v) is 10.1. The first-order chi connectivity index (χ1) is 14.1. The van der Waals surface area contributed by atoms with Crippen molar-refractivity contribution in [1.29, 1.82) is 0 Å². The van der Waals surface area contributed by atoms with Crippen molar-refractivity contribution in [2.45, 2.75) is 52.0 Å². The number of sulfonamides is 1. The summed E-state index contributed by atoms with van der Waals surface area (Å²) in [6.45, 7) is 8.46. The number of nitrogens with zero attached hydrogens (tertiary/aromatic N) is 2. The fourth-order valence-electron chi connectivity index (χ4n) is 3.91. The van der Waals surface area contributed by atoms with Gasteiger partial charge in [-0.25, -0.2) is 8.42 Å². The summed E-state index contributed by atoms with van der Waals surface area (Å²) >= 11 is 0. The first-order valence-corrected chi connectivity index (χ1v) is 11.6. The average Bonchev–Trinajstić information content (AvgIpc) is 2.66. The Bertz CT molecular complexity index is 1090. The van der Waals surface area contributed by atoms with Gasteiger partial charge in [0.25, 0.3) is 5.56 Å². The lowest BCUT2D eigenvalue weighted by molar-refractivity contribution is -0.116. The molecule has 1 aromatic heterocycles. The van der Waals surface area contributed by atoms with Gasteiger partial charge in [0, 0.05) is 25.0 Å². The Kier molecular flexibility index (Phi) is 6.47. The van der Waals surface area contributed by atoms with Crippen LogP contribution < -0.4 is 10.9 Å². The zero-order valence-electron chi connectivity index (χ0n) is 17.9. The van der Waals surface area contributed by atoms with Crippen LogP contribution in [0.2, 0.25) is 0 Å². The molecule has 1 saturated heterocycles. The molecule has 7 nitrogen and oxygen atoms in total. The summed E-state index contributed by atoms with van der Waals surface area (Å²) in [6, 6.07) is 6.76. The quantitative estimate of drug-likeness (QED) is 0.788. The SMILES string of the molecule is Cc1cc(C)c(NC(=O)Cn2cccc(S(=O)(=O)N3CCC(C)CC3)c2=O)c(C)c1. The minimum Gasteiger partial charge on any atom is -0.324 e. The van der Waals surface area contributed by atoms with Gasteiger partial charge < -0.3 is 9.88 Å². The van der Waals surface area contributed by atoms with Gasteiger partial charge in [-0.05, 0) is 62.8 Å². The molecule has 1 N–H and O–H groups in total. The van der Waals surface area contributed by atoms with Crippen LogP contribution in [0.1, 0.15) is 36.5 Å². The van der Waals surface area contributed by atoms with E-state index in [0.29, 0.717) is 24.7 Å². The third-order valence-corrected chi connectivity index (χ3v) is 7.51. The van der Waals surface area contributed by atoms with Crippen LogP contribution in [0.4, 0.5) is 5.69 Å². The lowest BCUT2D eigenvalue weighted by Gasteiger charge is -2.29. The minimum atomic E-state index is -3.88. The number of piperidine rings is 1. The molecule has 0 bridgehead atoms. The van der Waals surface area contributed by atoms with Crippen molar-refractivity contribution in [2.24, 2.45) is 5.92 Å². The van der Waals surface area contributed by atoms with E-state index in [-0.39, 0.29) is 17.3 Å². The molecule has 1 fully saturated rings. The topological polar surface area (TPSA) is 88.5 Å². The van der Waals surface area contributed by atoms with Gasteiger partial charge in [0.2, 0.25) is 15.9 Å². The van der Waals surface area contributed by atoms with Gasteiger partial charge in [-0.2, -0.15) is 4.31 Å². The van der Waals surface area contributed by atoms with Gasteiger partial charge >= 0.3 is 0 Å². The minimum absolute atomic E-state index is 0.258. The molecule has 162 valence electrons. The molecule has 8 heteroatoms. The monoisotopic (exact) mass is 431 g/mol. The summed E-state index contributed by atoms with van der Waals surface area (Å²) < 4.78 is 28.5. The maximum atomic E-state index is 13.0. The van der Waals surface area contributed by atoms with Crippen LogP contribution >= 0.6 is 0 Å². The highest BCUT2D eigenvalue weighted by atomic mass is 32.2. The second-order valence-electron chi connectivity index (χ2n) is 8.21. The first-order valence-electron chi connectivity index (χ1n) is 10.2. The van der Waals surface area contributed by atoms with Crippen molar-refractivity contribution >= 4 is 21.6 Å². The van der Waals surface area contributed by atoms with Crippen molar-refractivity contribution < 1.29 is 13.2 Å². The average molecular weight is 432 g/mol. The first kappa shape index (κ1) is 22.2. The van der Waals surface area contributed by atoms with Gasteiger partial charge in [-0.3, -0.25) is 9.59 Å². The number of carbonyl (C=O) groups is 1. The van der Waals surface area contributed by atoms with Crippen molar-refractivity contribution in [3.05, 3.63) is 57.5 Å². The lowest BCUT2D eigenvalue weighted by Crippen LogP contribution is -2.41. The van der Waals surface area contributed by atoms with Crippen molar-refractivity contribution in [1.82, 2.24) is 8.87 Å². The molecule has 0 unspecified atom stereocenters. The van der Waals surface area contributed by atoms with Crippen molar-refractivity contribution in [3.8, 4) is 0 Å². The highest BCUT2D eigenvalue weighted by molar-refractivity contribution is 7.89. The molecule has 0 radical (unpaired) electrons. The number of rotatable bonds is 5. The molecule has 0 saturated carbocycles. The Morgan fingerprint density at radius 2 is 1.73 bits per heavy atom. The van der Waals surface area contributed by atoms with Crippen LogP contribution in [0, 0.1) is 26.7 Å². The number of amides is 1. The number of anilines is 1. The molecule has 30 heavy (non-hydrogen) atoms. The molecule has 2 aromatic rings. The Morgan fingerprint density at radius 3 is 2.33 bits per heavy atom. The summed E-state index contributed by atoms with van der Waals surface area (Å²) in [5, 5.41) is 2.85. The lowest BCUT2D eigenvalue weighted by atomic mass is 10.0. The molecule has 1 amide bonds. The third kappa shape index (κ3) is 4.65. The summed E-state index contributed by atoms with van der Waals surface area (Å²) in [6.07, 6.45) is 2.99. The molecule has 3 rings (SSSR count). The number of nitrogens with one attached hydrogen (secondary N) is 1. The van der Waals surface area contributed by atoms with Crippen LogP contribution in [-0.2, 0) is 21.4 Å². The van der Waals surface area contributed by atoms with E-state index in [1.165, 1.54) is 22.6 Å². The fraction of sp³-hybridized carbons (Fsp3) is 0.455. The number of hydrogen-bond donors (Lipinski definition) is 1. The van der Waals surface area contributed by atoms with Crippen molar-refractivity contribution in [3.63, 3.8) is 0 Å². The summed E-state index contributed by atoms with van der Waals surface area (Å²) in [7, 11) is -3.88. The van der Waals surface area contributed by atoms with Crippen LogP contribution in [0.3, 0.4) is 0 Å². The van der Waals surface area contributed by atoms with E-state index in [4.69, 9.17) is 0 Å². The standard InChI is InChI=1S/C22H29N3O4S/c1-15-7-10-25(11-8-15)30(28,29)19-6-5-9-24(22(19)27)14-20(26)23-21-17(3)12-16(2)13-18(21)4/h5-6,9,12-13,15H,7-8,10-11,14H2,1-4H3,(H,23,26). The van der Waals surface area contributed by atoms with Crippen LogP contribution in [0.5, 0.6) is 0 Å². The largest absolute Gasteiger partial charge is 0.324 e. The van der Waals surface area contributed by atoms with Gasteiger partial charge in [0.15, 0.2) is 0 Å². The molecular formula is C22H29N3O4S. The third-order valence-electron chi connectivity index (χ3n) is 5.60. The number of aromatic nitrogens is 1. The Hall–Kier alpha value is -2.45. The predicted molar refractivity (Wildman–Crippen MR) is 117 cm³/mol. The number of benzene rings is 1. The molecule has 0 spiro atoms. The van der Waals surface area contributed by atoms with Crippen LogP contribution in [-0.4, -0.2) is 36.3 Å². The number of pyridine rings is 1. The van der Waals surface area contributed by atoms with E-state index in [1.54, 1.807) is 0 Å². The molecule has 0 atom stereocenters. The Labute approximate surface area is 177 Å². The molecule has 0 aliphatic carbocycles. The normalized spacial score (nSPS) is 15.9. The smallest absolute Gasteiger partial charge is 0.271 e. The predicted octanol–water partition coefficient (Wildman–Crippen LogP) is 2.83. The molecule has 1 aliphatic heterocycles. The molecule has 1 aromatic carbocycles. The maximum Gasteiger partial charge on any atom is 0.271 e. The summed E-state index contributed by atoms with van der Waals surface area (Å²) in [4.78, 5) is 25.2. The maximum absolute atomic E-state index is 13.0. The zero-order chi connectivity index (χ0) is 22.1. The molecule has 2 heterocycles. The number of carbonyl (C=O) groups excluding carboxylic acids is 1. The summed E-state index contributed by atoms with van der Waals surface area (Å²) in [5.74, 6) is 0.0924. The molecular weight excluding hydrogens is 402 g/mol. The second kappa shape index (κ2) is 8.73. The zero-order valence-corrected chi connectivity index (χ0v) is 18.8. The van der Waals surface area contributed by atoms with Crippen molar-refractivity contribution in [2.75, 3.05) is 18.4 Å². The number of aryl methyl sites for hydroxylation is 3. The van der Waals surface area contributed by atoms with Gasteiger partial charge in [-0.1, -0.05) is 24.6 Å². The van der Waals surface area contributed by atoms with Gasteiger partial charge in [0.05, 0.1) is 0 Å². The molecule has 1 aliphatic rings.